The summed E-state index contributed by atoms with van der Waals surface area (Å²) in [5.41, 5.74) is -0.367. The standard InChI is InChI=1S/C20H12Cl3F3O3/c21-15-9-14(20(24,25)26)17(22)18(23)19(15)29-12-6-4-10-2-1-3-11(13(10)8-12)5-7-16(27)28/h1-4,6,8-9H,5,7H2,(H,27,28). The maximum atomic E-state index is 13.0. The van der Waals surface area contributed by atoms with E-state index >= 15 is 0 Å². The van der Waals surface area contributed by atoms with Crippen molar-refractivity contribution in [1.29, 1.82) is 0 Å². The lowest BCUT2D eigenvalue weighted by molar-refractivity contribution is -0.138. The van der Waals surface area contributed by atoms with E-state index in [0.29, 0.717) is 12.5 Å². The fourth-order valence-electron chi connectivity index (χ4n) is 2.84. The Kier molecular flexibility index (Phi) is 6.17. The van der Waals surface area contributed by atoms with Crippen LogP contribution in [0.4, 0.5) is 13.2 Å². The highest BCUT2D eigenvalue weighted by atomic mass is 35.5. The molecule has 152 valence electrons. The molecule has 0 amide bonds. The van der Waals surface area contributed by atoms with E-state index in [4.69, 9.17) is 44.6 Å². The number of benzene rings is 3. The molecular formula is C20H12Cl3F3O3. The summed E-state index contributed by atoms with van der Waals surface area (Å²) in [5, 5.41) is 9.01. The van der Waals surface area contributed by atoms with Crippen LogP contribution in [0.1, 0.15) is 17.5 Å². The third-order valence-corrected chi connectivity index (χ3v) is 5.32. The average molecular weight is 464 g/mol. The number of carboxylic acid groups (broad SMARTS) is 1. The predicted molar refractivity (Wildman–Crippen MR) is 106 cm³/mol. The summed E-state index contributed by atoms with van der Waals surface area (Å²) >= 11 is 17.7. The Labute approximate surface area is 178 Å². The van der Waals surface area contributed by atoms with Crippen LogP contribution in [-0.4, -0.2) is 11.1 Å². The molecule has 0 bridgehead atoms. The number of carboxylic acids is 1. The lowest BCUT2D eigenvalue weighted by atomic mass is 10.0. The first-order valence-electron chi connectivity index (χ1n) is 8.24. The molecule has 0 spiro atoms. The SMILES string of the molecule is O=C(O)CCc1cccc2ccc(Oc3c(Cl)cc(C(F)(F)F)c(Cl)c3Cl)cc12. The normalized spacial score (nSPS) is 11.7. The Morgan fingerprint density at radius 1 is 1.03 bits per heavy atom. The second-order valence-corrected chi connectivity index (χ2v) is 7.32. The van der Waals surface area contributed by atoms with Crippen LogP contribution in [0, 0.1) is 0 Å². The van der Waals surface area contributed by atoms with Crippen molar-refractivity contribution < 1.29 is 27.8 Å². The molecule has 3 nitrogen and oxygen atoms in total. The second-order valence-electron chi connectivity index (χ2n) is 6.16. The van der Waals surface area contributed by atoms with Crippen LogP contribution >= 0.6 is 34.8 Å². The number of hydrogen-bond acceptors (Lipinski definition) is 2. The quantitative estimate of drug-likeness (QED) is 0.396. The molecule has 1 N–H and O–H groups in total. The number of aryl methyl sites for hydroxylation is 1. The third-order valence-electron chi connectivity index (χ3n) is 4.19. The maximum Gasteiger partial charge on any atom is 0.417 e. The lowest BCUT2D eigenvalue weighted by Gasteiger charge is -2.16. The number of hydrogen-bond donors (Lipinski definition) is 1. The summed E-state index contributed by atoms with van der Waals surface area (Å²) in [7, 11) is 0. The van der Waals surface area contributed by atoms with Gasteiger partial charge >= 0.3 is 12.1 Å². The zero-order chi connectivity index (χ0) is 21.3. The summed E-state index contributed by atoms with van der Waals surface area (Å²) in [5.74, 6) is -0.860. The number of halogens is 6. The highest BCUT2D eigenvalue weighted by molar-refractivity contribution is 6.45. The predicted octanol–water partition coefficient (Wildman–Crippen LogP) is 7.63. The summed E-state index contributed by atoms with van der Waals surface area (Å²) < 4.78 is 44.7. The molecule has 0 atom stereocenters. The van der Waals surface area contributed by atoms with E-state index in [9.17, 15) is 18.0 Å². The molecule has 9 heteroatoms. The number of fused-ring (bicyclic) bond motifs is 1. The first kappa shape index (κ1) is 21.6. The van der Waals surface area contributed by atoms with E-state index in [-0.39, 0.29) is 22.9 Å². The van der Waals surface area contributed by atoms with Gasteiger partial charge in [-0.05, 0) is 41.0 Å². The van der Waals surface area contributed by atoms with Gasteiger partial charge < -0.3 is 9.84 Å². The zero-order valence-corrected chi connectivity index (χ0v) is 16.8. The van der Waals surface area contributed by atoms with Crippen LogP contribution in [-0.2, 0) is 17.4 Å². The molecule has 0 unspecified atom stereocenters. The Morgan fingerprint density at radius 3 is 2.41 bits per heavy atom. The number of alkyl halides is 3. The first-order valence-corrected chi connectivity index (χ1v) is 9.37. The van der Waals surface area contributed by atoms with Gasteiger partial charge in [-0.3, -0.25) is 4.79 Å². The molecule has 0 fully saturated rings. The minimum Gasteiger partial charge on any atom is -0.481 e. The Bertz CT molecular complexity index is 1100. The molecule has 0 radical (unpaired) electrons. The molecule has 0 aliphatic heterocycles. The van der Waals surface area contributed by atoms with Crippen molar-refractivity contribution in [2.45, 2.75) is 19.0 Å². The Morgan fingerprint density at radius 2 is 1.76 bits per heavy atom. The van der Waals surface area contributed by atoms with Crippen molar-refractivity contribution >= 4 is 51.5 Å². The highest BCUT2D eigenvalue weighted by Gasteiger charge is 2.36. The summed E-state index contributed by atoms with van der Waals surface area (Å²) in [6, 6.07) is 11.1. The van der Waals surface area contributed by atoms with Gasteiger partial charge in [0, 0.05) is 6.42 Å². The van der Waals surface area contributed by atoms with E-state index in [1.807, 2.05) is 12.1 Å². The largest absolute Gasteiger partial charge is 0.481 e. The van der Waals surface area contributed by atoms with Gasteiger partial charge in [0.1, 0.15) is 10.8 Å². The minimum absolute atomic E-state index is 0.0453. The van der Waals surface area contributed by atoms with Gasteiger partial charge in [0.15, 0.2) is 5.75 Å². The smallest absolute Gasteiger partial charge is 0.417 e. The van der Waals surface area contributed by atoms with Crippen molar-refractivity contribution in [3.63, 3.8) is 0 Å². The number of carbonyl (C=O) groups is 1. The van der Waals surface area contributed by atoms with Gasteiger partial charge in [0.2, 0.25) is 0 Å². The fourth-order valence-corrected chi connectivity index (χ4v) is 3.62. The zero-order valence-electron chi connectivity index (χ0n) is 14.5. The molecule has 0 saturated heterocycles. The monoisotopic (exact) mass is 462 g/mol. The summed E-state index contributed by atoms with van der Waals surface area (Å²) in [6.45, 7) is 0. The highest BCUT2D eigenvalue weighted by Crippen LogP contribution is 2.47. The molecule has 29 heavy (non-hydrogen) atoms. The molecule has 0 aromatic heterocycles. The van der Waals surface area contributed by atoms with Crippen LogP contribution in [0.3, 0.4) is 0 Å². The topological polar surface area (TPSA) is 46.5 Å². The first-order chi connectivity index (χ1) is 13.6. The van der Waals surface area contributed by atoms with Crippen LogP contribution in [0.25, 0.3) is 10.8 Å². The van der Waals surface area contributed by atoms with Gasteiger partial charge in [-0.25, -0.2) is 0 Å². The van der Waals surface area contributed by atoms with E-state index < -0.39 is 27.8 Å². The van der Waals surface area contributed by atoms with Gasteiger partial charge in [0.25, 0.3) is 0 Å². The molecule has 0 saturated carbocycles. The molecule has 0 aliphatic carbocycles. The molecule has 0 heterocycles. The van der Waals surface area contributed by atoms with E-state index in [0.717, 1.165) is 16.3 Å². The van der Waals surface area contributed by atoms with Crippen molar-refractivity contribution in [3.05, 3.63) is 68.7 Å². The van der Waals surface area contributed by atoms with Crippen LogP contribution in [0.2, 0.25) is 15.1 Å². The van der Waals surface area contributed by atoms with Crippen molar-refractivity contribution in [2.75, 3.05) is 0 Å². The van der Waals surface area contributed by atoms with Gasteiger partial charge in [-0.1, -0.05) is 59.1 Å². The van der Waals surface area contributed by atoms with Gasteiger partial charge in [-0.15, -0.1) is 0 Å². The van der Waals surface area contributed by atoms with E-state index in [1.165, 1.54) is 0 Å². The van der Waals surface area contributed by atoms with Gasteiger partial charge in [-0.2, -0.15) is 13.2 Å². The average Bonchev–Trinajstić information content (AvgIpc) is 2.65. The van der Waals surface area contributed by atoms with E-state index in [2.05, 4.69) is 0 Å². The molecule has 3 aromatic rings. The van der Waals surface area contributed by atoms with Crippen LogP contribution in [0.15, 0.2) is 42.5 Å². The van der Waals surface area contributed by atoms with Crippen molar-refractivity contribution in [2.24, 2.45) is 0 Å². The number of rotatable bonds is 5. The molecule has 3 aromatic carbocycles. The van der Waals surface area contributed by atoms with Crippen molar-refractivity contribution in [1.82, 2.24) is 0 Å². The minimum atomic E-state index is -4.72. The molecule has 0 aliphatic rings. The fraction of sp³-hybridized carbons (Fsp3) is 0.150. The number of aliphatic carboxylic acids is 1. The lowest BCUT2D eigenvalue weighted by Crippen LogP contribution is -2.06. The van der Waals surface area contributed by atoms with Crippen LogP contribution < -0.4 is 4.74 Å². The Hall–Kier alpha value is -2.15. The number of ether oxygens (including phenoxy) is 1. The van der Waals surface area contributed by atoms with Crippen LogP contribution in [0.5, 0.6) is 11.5 Å². The third kappa shape index (κ3) is 4.71. The Balaban J connectivity index is 2.01. The van der Waals surface area contributed by atoms with Gasteiger partial charge in [0.05, 0.1) is 15.6 Å². The van der Waals surface area contributed by atoms with E-state index in [1.54, 1.807) is 24.3 Å². The summed E-state index contributed by atoms with van der Waals surface area (Å²) in [4.78, 5) is 10.9. The molecular weight excluding hydrogens is 452 g/mol. The molecule has 3 rings (SSSR count). The summed E-state index contributed by atoms with van der Waals surface area (Å²) in [6.07, 6.45) is -4.45. The maximum absolute atomic E-state index is 13.0. The second kappa shape index (κ2) is 8.30. The van der Waals surface area contributed by atoms with Crippen molar-refractivity contribution in [3.8, 4) is 11.5 Å².